The second-order valence-corrected chi connectivity index (χ2v) is 8.02. The van der Waals surface area contributed by atoms with Gasteiger partial charge in [0.15, 0.2) is 5.16 Å². The molecule has 3 aromatic rings. The zero-order chi connectivity index (χ0) is 19.0. The van der Waals surface area contributed by atoms with Crippen molar-refractivity contribution < 1.29 is 4.79 Å². The molecule has 0 spiro atoms. The molecule has 4 rings (SSSR count). The minimum absolute atomic E-state index is 0.133. The minimum atomic E-state index is -0.352. The van der Waals surface area contributed by atoms with E-state index in [1.807, 2.05) is 29.7 Å². The zero-order valence-electron chi connectivity index (χ0n) is 14.9. The normalized spacial score (nSPS) is 15.1. The third-order valence-electron chi connectivity index (χ3n) is 4.57. The van der Waals surface area contributed by atoms with Crippen molar-refractivity contribution >= 4 is 28.6 Å². The fourth-order valence-corrected chi connectivity index (χ4v) is 3.91. The number of carbonyl (C=O) groups excluding carboxylic acids is 1. The van der Waals surface area contributed by atoms with Gasteiger partial charge in [-0.2, -0.15) is 0 Å². The number of benzene rings is 1. The summed E-state index contributed by atoms with van der Waals surface area (Å²) in [6, 6.07) is 7.26. The molecule has 0 aliphatic heterocycles. The standard InChI is InChI=1S/C18H20N6O2S/c1-10(15-20-13-5-3-2-4-12(13)17(26)21-15)27-18-23-22-16(11-6-7-11)24(18)9-8-14(19)25/h2-5,10-11H,6-9H2,1H3,(H2,19,25)(H,20,21,26)/t10-/m1/s1. The first-order chi connectivity index (χ1) is 13.0. The second-order valence-electron chi connectivity index (χ2n) is 6.71. The Morgan fingerprint density at radius 2 is 2.15 bits per heavy atom. The first kappa shape index (κ1) is 17.7. The molecule has 1 saturated carbocycles. The number of hydrogen-bond donors (Lipinski definition) is 2. The number of aromatic nitrogens is 5. The molecule has 0 bridgehead atoms. The molecule has 1 amide bonds. The van der Waals surface area contributed by atoms with Gasteiger partial charge >= 0.3 is 0 Å². The van der Waals surface area contributed by atoms with E-state index in [0.29, 0.717) is 34.3 Å². The van der Waals surface area contributed by atoms with Crippen molar-refractivity contribution in [3.8, 4) is 0 Å². The number of carbonyl (C=O) groups is 1. The molecule has 2 heterocycles. The maximum Gasteiger partial charge on any atom is 0.258 e. The van der Waals surface area contributed by atoms with E-state index in [4.69, 9.17) is 5.73 Å². The zero-order valence-corrected chi connectivity index (χ0v) is 15.7. The lowest BCUT2D eigenvalue weighted by Crippen LogP contribution is -2.16. The number of nitrogens with zero attached hydrogens (tertiary/aromatic N) is 4. The fraction of sp³-hybridized carbons (Fsp3) is 0.389. The predicted octanol–water partition coefficient (Wildman–Crippen LogP) is 2.12. The molecule has 9 heteroatoms. The van der Waals surface area contributed by atoms with E-state index in [1.165, 1.54) is 11.8 Å². The van der Waals surface area contributed by atoms with Gasteiger partial charge in [0.05, 0.1) is 16.2 Å². The van der Waals surface area contributed by atoms with Gasteiger partial charge in [-0.15, -0.1) is 10.2 Å². The molecule has 1 atom stereocenters. The van der Waals surface area contributed by atoms with Crippen LogP contribution in [0.15, 0.2) is 34.2 Å². The summed E-state index contributed by atoms with van der Waals surface area (Å²) in [5.41, 5.74) is 5.82. The van der Waals surface area contributed by atoms with Crippen molar-refractivity contribution in [2.45, 2.75) is 49.1 Å². The summed E-state index contributed by atoms with van der Waals surface area (Å²) >= 11 is 1.46. The minimum Gasteiger partial charge on any atom is -0.370 e. The Balaban J connectivity index is 1.62. The molecule has 1 aromatic carbocycles. The average molecular weight is 384 g/mol. The highest BCUT2D eigenvalue weighted by molar-refractivity contribution is 7.99. The van der Waals surface area contributed by atoms with Crippen molar-refractivity contribution in [3.05, 3.63) is 46.3 Å². The number of rotatable bonds is 7. The Kier molecular flexibility index (Phi) is 4.69. The number of para-hydroxylation sites is 1. The molecule has 1 aliphatic carbocycles. The van der Waals surface area contributed by atoms with E-state index in [0.717, 1.165) is 18.7 Å². The number of fused-ring (bicyclic) bond motifs is 1. The van der Waals surface area contributed by atoms with E-state index >= 15 is 0 Å². The predicted molar refractivity (Wildman–Crippen MR) is 102 cm³/mol. The number of aromatic amines is 1. The number of primary amides is 1. The molecule has 140 valence electrons. The summed E-state index contributed by atoms with van der Waals surface area (Å²) < 4.78 is 1.97. The maximum atomic E-state index is 12.3. The number of thioether (sulfide) groups is 1. The van der Waals surface area contributed by atoms with Gasteiger partial charge in [0, 0.05) is 18.9 Å². The Morgan fingerprint density at radius 1 is 1.37 bits per heavy atom. The Morgan fingerprint density at radius 3 is 2.89 bits per heavy atom. The summed E-state index contributed by atoms with van der Waals surface area (Å²) in [4.78, 5) is 31.0. The molecule has 8 nitrogen and oxygen atoms in total. The van der Waals surface area contributed by atoms with Crippen LogP contribution in [0, 0.1) is 0 Å². The smallest absolute Gasteiger partial charge is 0.258 e. The number of nitrogens with one attached hydrogen (secondary N) is 1. The van der Waals surface area contributed by atoms with Crippen molar-refractivity contribution in [2.75, 3.05) is 0 Å². The monoisotopic (exact) mass is 384 g/mol. The summed E-state index contributed by atoms with van der Waals surface area (Å²) in [5, 5.41) is 9.77. The highest BCUT2D eigenvalue weighted by Crippen LogP contribution is 2.41. The van der Waals surface area contributed by atoms with Gasteiger partial charge in [0.2, 0.25) is 5.91 Å². The Labute approximate surface area is 159 Å². The van der Waals surface area contributed by atoms with Gasteiger partial charge in [0.25, 0.3) is 5.56 Å². The lowest BCUT2D eigenvalue weighted by Gasteiger charge is -2.13. The van der Waals surface area contributed by atoms with Crippen molar-refractivity contribution in [1.82, 2.24) is 24.7 Å². The second kappa shape index (κ2) is 7.15. The van der Waals surface area contributed by atoms with Crippen molar-refractivity contribution in [3.63, 3.8) is 0 Å². The van der Waals surface area contributed by atoms with Crippen LogP contribution < -0.4 is 11.3 Å². The van der Waals surface area contributed by atoms with Crippen LogP contribution >= 0.6 is 11.8 Å². The van der Waals surface area contributed by atoms with Crippen LogP contribution in [0.2, 0.25) is 0 Å². The third kappa shape index (κ3) is 3.73. The summed E-state index contributed by atoms with van der Waals surface area (Å²) in [5.74, 6) is 1.55. The molecular weight excluding hydrogens is 364 g/mol. The van der Waals surface area contributed by atoms with Crippen LogP contribution in [0.25, 0.3) is 10.9 Å². The first-order valence-corrected chi connectivity index (χ1v) is 9.78. The number of nitrogens with two attached hydrogens (primary N) is 1. The SMILES string of the molecule is C[C@@H](Sc1nnc(C2CC2)n1CCC(N)=O)c1nc2ccccc2c(=O)[nH]1. The molecule has 1 fully saturated rings. The molecule has 2 aromatic heterocycles. The molecule has 27 heavy (non-hydrogen) atoms. The summed E-state index contributed by atoms with van der Waals surface area (Å²) in [6.07, 6.45) is 2.42. The average Bonchev–Trinajstić information content (AvgIpc) is 3.41. The van der Waals surface area contributed by atoms with Crippen LogP contribution in [-0.2, 0) is 11.3 Å². The molecule has 0 unspecified atom stereocenters. The number of hydrogen-bond acceptors (Lipinski definition) is 6. The van der Waals surface area contributed by atoms with Gasteiger partial charge in [0.1, 0.15) is 11.6 Å². The molecule has 0 radical (unpaired) electrons. The van der Waals surface area contributed by atoms with Crippen LogP contribution in [-0.4, -0.2) is 30.6 Å². The summed E-state index contributed by atoms with van der Waals surface area (Å²) in [7, 11) is 0. The Hall–Kier alpha value is -2.68. The van der Waals surface area contributed by atoms with Gasteiger partial charge in [-0.3, -0.25) is 9.59 Å². The molecular formula is C18H20N6O2S. The lowest BCUT2D eigenvalue weighted by molar-refractivity contribution is -0.118. The van der Waals surface area contributed by atoms with Gasteiger partial charge in [-0.05, 0) is 31.9 Å². The highest BCUT2D eigenvalue weighted by Gasteiger charge is 2.31. The number of amides is 1. The van der Waals surface area contributed by atoms with Crippen molar-refractivity contribution in [1.29, 1.82) is 0 Å². The van der Waals surface area contributed by atoms with E-state index in [1.54, 1.807) is 6.07 Å². The largest absolute Gasteiger partial charge is 0.370 e. The lowest BCUT2D eigenvalue weighted by atomic mass is 10.2. The topological polar surface area (TPSA) is 120 Å². The summed E-state index contributed by atoms with van der Waals surface area (Å²) in [6.45, 7) is 2.42. The molecule has 0 saturated heterocycles. The molecule has 1 aliphatic rings. The number of H-pyrrole nitrogens is 1. The van der Waals surface area contributed by atoms with Gasteiger partial charge < -0.3 is 15.3 Å². The Bertz CT molecular complexity index is 1060. The van der Waals surface area contributed by atoms with Crippen LogP contribution in [0.5, 0.6) is 0 Å². The molecule has 3 N–H and O–H groups in total. The van der Waals surface area contributed by atoms with E-state index in [2.05, 4.69) is 20.2 Å². The van der Waals surface area contributed by atoms with E-state index in [9.17, 15) is 9.59 Å². The van der Waals surface area contributed by atoms with Crippen LogP contribution in [0.3, 0.4) is 0 Å². The van der Waals surface area contributed by atoms with E-state index in [-0.39, 0.29) is 23.1 Å². The first-order valence-electron chi connectivity index (χ1n) is 8.90. The van der Waals surface area contributed by atoms with E-state index < -0.39 is 0 Å². The maximum absolute atomic E-state index is 12.3. The fourth-order valence-electron chi connectivity index (χ4n) is 2.97. The quantitative estimate of drug-likeness (QED) is 0.602. The van der Waals surface area contributed by atoms with Crippen molar-refractivity contribution in [2.24, 2.45) is 5.73 Å². The highest BCUT2D eigenvalue weighted by atomic mass is 32.2. The van der Waals surface area contributed by atoms with Gasteiger partial charge in [-0.25, -0.2) is 4.98 Å². The third-order valence-corrected chi connectivity index (χ3v) is 5.66. The van der Waals surface area contributed by atoms with Gasteiger partial charge in [-0.1, -0.05) is 23.9 Å². The van der Waals surface area contributed by atoms with Crippen LogP contribution in [0.1, 0.15) is 49.0 Å². The van der Waals surface area contributed by atoms with Crippen LogP contribution in [0.4, 0.5) is 0 Å².